The quantitative estimate of drug-likeness (QED) is 0.791. The zero-order valence-corrected chi connectivity index (χ0v) is 11.1. The lowest BCUT2D eigenvalue weighted by Gasteiger charge is -2.18. The van der Waals surface area contributed by atoms with Gasteiger partial charge < -0.3 is 0 Å². The molecule has 1 rings (SSSR count). The zero-order valence-electron chi connectivity index (χ0n) is 9.51. The SMILES string of the molecule is CC(C)(C)Cc1ccc(Br)cc1F.O=C=O. The summed E-state index contributed by atoms with van der Waals surface area (Å²) in [4.78, 5) is 16.2. The van der Waals surface area contributed by atoms with Crippen molar-refractivity contribution in [1.29, 1.82) is 0 Å². The van der Waals surface area contributed by atoms with Crippen LogP contribution < -0.4 is 0 Å². The Balaban J connectivity index is 0.000000673. The van der Waals surface area contributed by atoms with Crippen molar-refractivity contribution in [2.24, 2.45) is 5.41 Å². The van der Waals surface area contributed by atoms with E-state index >= 15 is 0 Å². The Morgan fingerprint density at radius 1 is 1.31 bits per heavy atom. The van der Waals surface area contributed by atoms with Crippen LogP contribution in [0.15, 0.2) is 22.7 Å². The summed E-state index contributed by atoms with van der Waals surface area (Å²) in [5.74, 6) is -0.121. The number of benzene rings is 1. The van der Waals surface area contributed by atoms with Crippen LogP contribution in [-0.4, -0.2) is 6.15 Å². The van der Waals surface area contributed by atoms with E-state index in [0.29, 0.717) is 0 Å². The number of halogens is 2. The van der Waals surface area contributed by atoms with Crippen LogP contribution in [0.2, 0.25) is 0 Å². The summed E-state index contributed by atoms with van der Waals surface area (Å²) >= 11 is 3.24. The highest BCUT2D eigenvalue weighted by molar-refractivity contribution is 9.10. The smallest absolute Gasteiger partial charge is 0.207 e. The topological polar surface area (TPSA) is 34.1 Å². The van der Waals surface area contributed by atoms with Gasteiger partial charge in [0.05, 0.1) is 0 Å². The Hall–Kier alpha value is -0.990. The van der Waals surface area contributed by atoms with Crippen molar-refractivity contribution in [1.82, 2.24) is 0 Å². The first kappa shape index (κ1) is 15.0. The van der Waals surface area contributed by atoms with Crippen molar-refractivity contribution in [3.8, 4) is 0 Å². The van der Waals surface area contributed by atoms with Gasteiger partial charge in [0.25, 0.3) is 0 Å². The van der Waals surface area contributed by atoms with Crippen molar-refractivity contribution < 1.29 is 14.0 Å². The lowest BCUT2D eigenvalue weighted by molar-refractivity contribution is -0.191. The average Bonchev–Trinajstić information content (AvgIpc) is 2.09. The standard InChI is InChI=1S/C11H14BrF.CO2/c1-11(2,3)7-8-4-5-9(12)6-10(8)13;2-1-3/h4-6H,7H2,1-3H3;. The largest absolute Gasteiger partial charge is 0.373 e. The number of hydrogen-bond acceptors (Lipinski definition) is 2. The second-order valence-corrected chi connectivity index (χ2v) is 5.47. The van der Waals surface area contributed by atoms with E-state index < -0.39 is 0 Å². The Labute approximate surface area is 103 Å². The monoisotopic (exact) mass is 288 g/mol. The Kier molecular flexibility index (Phi) is 6.16. The summed E-state index contributed by atoms with van der Waals surface area (Å²) in [5, 5.41) is 0. The van der Waals surface area contributed by atoms with E-state index in [-0.39, 0.29) is 17.4 Å². The molecule has 0 aliphatic rings. The lowest BCUT2D eigenvalue weighted by atomic mass is 9.88. The molecule has 0 aliphatic heterocycles. The second-order valence-electron chi connectivity index (χ2n) is 4.56. The van der Waals surface area contributed by atoms with Gasteiger partial charge in [-0.1, -0.05) is 42.8 Å². The lowest BCUT2D eigenvalue weighted by Crippen LogP contribution is -2.10. The van der Waals surface area contributed by atoms with Crippen LogP contribution >= 0.6 is 15.9 Å². The molecule has 0 N–H and O–H groups in total. The molecule has 1 aromatic rings. The maximum absolute atomic E-state index is 13.4. The first-order chi connectivity index (χ1) is 7.30. The van der Waals surface area contributed by atoms with Crippen molar-refractivity contribution >= 4 is 22.1 Å². The molecule has 0 bridgehead atoms. The molecule has 0 spiro atoms. The summed E-state index contributed by atoms with van der Waals surface area (Å²) in [6, 6.07) is 5.23. The third kappa shape index (κ3) is 6.49. The molecule has 88 valence electrons. The molecule has 0 amide bonds. The minimum atomic E-state index is -0.121. The molecule has 0 aliphatic carbocycles. The Morgan fingerprint density at radius 2 is 1.81 bits per heavy atom. The highest BCUT2D eigenvalue weighted by Crippen LogP contribution is 2.24. The van der Waals surface area contributed by atoms with Gasteiger partial charge in [-0.3, -0.25) is 0 Å². The summed E-state index contributed by atoms with van der Waals surface area (Å²) < 4.78 is 14.1. The van der Waals surface area contributed by atoms with Gasteiger partial charge in [-0.15, -0.1) is 0 Å². The van der Waals surface area contributed by atoms with E-state index in [1.165, 1.54) is 6.07 Å². The van der Waals surface area contributed by atoms with E-state index in [9.17, 15) is 4.39 Å². The Bertz CT molecular complexity index is 377. The minimum absolute atomic E-state index is 0.121. The molecule has 1 aromatic carbocycles. The van der Waals surface area contributed by atoms with Crippen molar-refractivity contribution in [2.45, 2.75) is 27.2 Å². The predicted octanol–water partition coefficient (Wildman–Crippen LogP) is 3.59. The van der Waals surface area contributed by atoms with Crippen LogP contribution in [0.3, 0.4) is 0 Å². The minimum Gasteiger partial charge on any atom is -0.207 e. The van der Waals surface area contributed by atoms with Crippen LogP contribution in [0.4, 0.5) is 4.39 Å². The maximum atomic E-state index is 13.4. The van der Waals surface area contributed by atoms with Crippen molar-refractivity contribution in [2.75, 3.05) is 0 Å². The van der Waals surface area contributed by atoms with Crippen LogP contribution in [0.25, 0.3) is 0 Å². The molecular formula is C12H14BrFO2. The summed E-state index contributed by atoms with van der Waals surface area (Å²) in [6.45, 7) is 6.32. The van der Waals surface area contributed by atoms with Crippen LogP contribution in [0.1, 0.15) is 26.3 Å². The first-order valence-electron chi connectivity index (χ1n) is 4.73. The van der Waals surface area contributed by atoms with E-state index in [4.69, 9.17) is 9.59 Å². The van der Waals surface area contributed by atoms with E-state index in [0.717, 1.165) is 16.5 Å². The van der Waals surface area contributed by atoms with Crippen LogP contribution in [0.5, 0.6) is 0 Å². The van der Waals surface area contributed by atoms with E-state index in [1.54, 1.807) is 0 Å². The fraction of sp³-hybridized carbons (Fsp3) is 0.417. The van der Waals surface area contributed by atoms with Gasteiger partial charge in [-0.05, 0) is 29.5 Å². The molecule has 16 heavy (non-hydrogen) atoms. The fourth-order valence-corrected chi connectivity index (χ4v) is 1.57. The molecule has 0 aromatic heterocycles. The van der Waals surface area contributed by atoms with Gasteiger partial charge in [-0.2, -0.15) is 9.59 Å². The Morgan fingerprint density at radius 3 is 2.19 bits per heavy atom. The van der Waals surface area contributed by atoms with Gasteiger partial charge in [0, 0.05) is 4.47 Å². The van der Waals surface area contributed by atoms with Gasteiger partial charge in [0.1, 0.15) is 5.82 Å². The van der Waals surface area contributed by atoms with Gasteiger partial charge in [-0.25, -0.2) is 4.39 Å². The molecule has 4 heteroatoms. The number of hydrogen-bond donors (Lipinski definition) is 0. The average molecular weight is 289 g/mol. The third-order valence-corrected chi connectivity index (χ3v) is 2.23. The first-order valence-corrected chi connectivity index (χ1v) is 5.52. The fourth-order valence-electron chi connectivity index (χ4n) is 1.24. The molecule has 2 nitrogen and oxygen atoms in total. The van der Waals surface area contributed by atoms with Gasteiger partial charge >= 0.3 is 6.15 Å². The summed E-state index contributed by atoms with van der Waals surface area (Å²) in [6.07, 6.45) is 1.02. The highest BCUT2D eigenvalue weighted by Gasteiger charge is 2.13. The molecule has 0 saturated heterocycles. The second kappa shape index (κ2) is 6.56. The highest BCUT2D eigenvalue weighted by atomic mass is 79.9. The molecule has 0 atom stereocenters. The molecule has 0 radical (unpaired) electrons. The number of rotatable bonds is 1. The molecule has 0 unspecified atom stereocenters. The van der Waals surface area contributed by atoms with Crippen molar-refractivity contribution in [3.05, 3.63) is 34.1 Å². The molecule has 0 saturated carbocycles. The maximum Gasteiger partial charge on any atom is 0.373 e. The normalized spacial score (nSPS) is 10.1. The van der Waals surface area contributed by atoms with Crippen LogP contribution in [0, 0.1) is 11.2 Å². The third-order valence-electron chi connectivity index (χ3n) is 1.74. The van der Waals surface area contributed by atoms with Crippen molar-refractivity contribution in [3.63, 3.8) is 0 Å². The zero-order chi connectivity index (χ0) is 12.8. The summed E-state index contributed by atoms with van der Waals surface area (Å²) in [5.41, 5.74) is 0.921. The van der Waals surface area contributed by atoms with Crippen LogP contribution in [-0.2, 0) is 16.0 Å². The van der Waals surface area contributed by atoms with Gasteiger partial charge in [0.2, 0.25) is 0 Å². The molecule has 0 heterocycles. The molecule has 0 fully saturated rings. The summed E-state index contributed by atoms with van der Waals surface area (Å²) in [7, 11) is 0. The molecular weight excluding hydrogens is 275 g/mol. The van der Waals surface area contributed by atoms with Gasteiger partial charge in [0.15, 0.2) is 0 Å². The van der Waals surface area contributed by atoms with E-state index in [1.807, 2.05) is 12.1 Å². The van der Waals surface area contributed by atoms with E-state index in [2.05, 4.69) is 36.7 Å². The number of carbonyl (C=O) groups excluding carboxylic acids is 2. The predicted molar refractivity (Wildman–Crippen MR) is 62.3 cm³/mol.